The molecule has 0 aromatic heterocycles. The second kappa shape index (κ2) is 13.7. The number of unbranched alkanes of at least 4 members (excludes halogenated alkanes) is 1. The van der Waals surface area contributed by atoms with Crippen LogP contribution in [0.5, 0.6) is 0 Å². The van der Waals surface area contributed by atoms with Gasteiger partial charge in [0.2, 0.25) is 0 Å². The van der Waals surface area contributed by atoms with E-state index in [4.69, 9.17) is 35.4 Å². The van der Waals surface area contributed by atoms with E-state index in [9.17, 15) is 9.59 Å². The highest BCUT2D eigenvalue weighted by molar-refractivity contribution is 7.80. The highest BCUT2D eigenvalue weighted by Gasteiger charge is 2.10. The largest absolute Gasteiger partial charge is 0.332 e. The van der Waals surface area contributed by atoms with E-state index in [1.54, 1.807) is 6.07 Å². The molecule has 2 aromatic rings. The lowest BCUT2D eigenvalue weighted by molar-refractivity contribution is -0.118. The predicted molar refractivity (Wildman–Crippen MR) is 135 cm³/mol. The molecule has 31 heavy (non-hydrogen) atoms. The van der Waals surface area contributed by atoms with Gasteiger partial charge in [-0.05, 0) is 81.6 Å². The van der Waals surface area contributed by atoms with Crippen molar-refractivity contribution in [2.45, 2.75) is 25.7 Å². The van der Waals surface area contributed by atoms with Crippen molar-refractivity contribution < 1.29 is 9.59 Å². The molecular formula is C22H26Cl3N3O2S. The van der Waals surface area contributed by atoms with E-state index < -0.39 is 5.91 Å². The fourth-order valence-corrected chi connectivity index (χ4v) is 3.53. The molecular weight excluding hydrogens is 477 g/mol. The first-order chi connectivity index (χ1) is 14.2. The van der Waals surface area contributed by atoms with Gasteiger partial charge in [-0.3, -0.25) is 14.9 Å². The van der Waals surface area contributed by atoms with Crippen molar-refractivity contribution in [3.05, 3.63) is 63.6 Å². The van der Waals surface area contributed by atoms with Gasteiger partial charge >= 0.3 is 0 Å². The molecule has 0 spiro atoms. The van der Waals surface area contributed by atoms with Crippen molar-refractivity contribution in [3.8, 4) is 0 Å². The number of nitrogens with zero attached hydrogens (tertiary/aromatic N) is 1. The zero-order chi connectivity index (χ0) is 22.1. The number of hydrogen-bond acceptors (Lipinski definition) is 4. The number of rotatable bonds is 9. The Labute approximate surface area is 204 Å². The third-order valence-electron chi connectivity index (χ3n) is 4.28. The quantitative estimate of drug-likeness (QED) is 0.356. The minimum atomic E-state index is -0.409. The lowest BCUT2D eigenvalue weighted by atomic mass is 10.0. The van der Waals surface area contributed by atoms with E-state index in [2.05, 4.69) is 15.5 Å². The van der Waals surface area contributed by atoms with Gasteiger partial charge in [0.05, 0.1) is 0 Å². The van der Waals surface area contributed by atoms with Crippen LogP contribution >= 0.6 is 47.8 Å². The van der Waals surface area contributed by atoms with Crippen LogP contribution in [-0.4, -0.2) is 42.3 Å². The molecule has 0 atom stereocenters. The van der Waals surface area contributed by atoms with E-state index in [1.165, 1.54) is 12.1 Å². The van der Waals surface area contributed by atoms with Gasteiger partial charge in [-0.25, -0.2) is 0 Å². The maximum atomic E-state index is 12.3. The summed E-state index contributed by atoms with van der Waals surface area (Å²) in [5, 5.41) is 6.43. The molecule has 2 aromatic carbocycles. The highest BCUT2D eigenvalue weighted by Crippen LogP contribution is 2.19. The number of nitrogens with one attached hydrogen (secondary N) is 2. The van der Waals surface area contributed by atoms with Crippen molar-refractivity contribution >= 4 is 70.3 Å². The van der Waals surface area contributed by atoms with Gasteiger partial charge in [0, 0.05) is 34.1 Å². The molecule has 0 bridgehead atoms. The maximum absolute atomic E-state index is 12.3. The minimum Gasteiger partial charge on any atom is -0.332 e. The Bertz CT molecular complexity index is 885. The van der Waals surface area contributed by atoms with E-state index in [0.29, 0.717) is 34.1 Å². The Morgan fingerprint density at radius 3 is 2.19 bits per heavy atom. The normalized spacial score (nSPS) is 10.4. The molecule has 0 saturated heterocycles. The molecule has 0 unspecified atom stereocenters. The summed E-state index contributed by atoms with van der Waals surface area (Å²) in [7, 11) is 4.06. The Kier molecular flexibility index (Phi) is 12.0. The van der Waals surface area contributed by atoms with Gasteiger partial charge in [-0.1, -0.05) is 35.3 Å². The van der Waals surface area contributed by atoms with Crippen LogP contribution in [0.15, 0.2) is 42.5 Å². The van der Waals surface area contributed by atoms with Crippen molar-refractivity contribution in [1.29, 1.82) is 0 Å². The first-order valence-electron chi connectivity index (χ1n) is 9.57. The fraction of sp³-hybridized carbons (Fsp3) is 0.318. The third kappa shape index (κ3) is 10.4. The molecule has 0 radical (unpaired) electrons. The number of benzene rings is 2. The van der Waals surface area contributed by atoms with Crippen LogP contribution in [0, 0.1) is 0 Å². The number of carbonyl (C=O) groups is 2. The van der Waals surface area contributed by atoms with Crippen molar-refractivity contribution in [3.63, 3.8) is 0 Å². The molecule has 1 amide bonds. The molecule has 0 aliphatic rings. The smallest absolute Gasteiger partial charge is 0.257 e. The maximum Gasteiger partial charge on any atom is 0.257 e. The molecule has 0 heterocycles. The summed E-state index contributed by atoms with van der Waals surface area (Å²) < 4.78 is 0. The number of amides is 1. The molecule has 0 saturated carbocycles. The van der Waals surface area contributed by atoms with E-state index in [-0.39, 0.29) is 23.3 Å². The summed E-state index contributed by atoms with van der Waals surface area (Å²) in [6.07, 6.45) is 2.94. The zero-order valence-corrected chi connectivity index (χ0v) is 20.6. The number of anilines is 1. The zero-order valence-electron chi connectivity index (χ0n) is 17.4. The number of hydrogen-bond donors (Lipinski definition) is 2. The van der Waals surface area contributed by atoms with E-state index in [1.807, 2.05) is 38.4 Å². The summed E-state index contributed by atoms with van der Waals surface area (Å²) in [5.41, 5.74) is 1.98. The molecule has 0 aliphatic carbocycles. The van der Waals surface area contributed by atoms with Crippen molar-refractivity contribution in [1.82, 2.24) is 10.2 Å². The Morgan fingerprint density at radius 1 is 1.00 bits per heavy atom. The number of thiocarbonyl (C=S) groups is 1. The van der Waals surface area contributed by atoms with Gasteiger partial charge in [-0.15, -0.1) is 12.4 Å². The third-order valence-corrected chi connectivity index (χ3v) is 4.92. The van der Waals surface area contributed by atoms with Crippen LogP contribution < -0.4 is 10.6 Å². The average Bonchev–Trinajstić information content (AvgIpc) is 2.66. The van der Waals surface area contributed by atoms with Crippen LogP contribution in [0.1, 0.15) is 35.2 Å². The second-order valence-corrected chi connectivity index (χ2v) is 8.52. The monoisotopic (exact) mass is 501 g/mol. The second-order valence-electron chi connectivity index (χ2n) is 7.24. The fourth-order valence-electron chi connectivity index (χ4n) is 2.79. The summed E-state index contributed by atoms with van der Waals surface area (Å²) in [6.45, 7) is 0.994. The van der Waals surface area contributed by atoms with E-state index in [0.717, 1.165) is 24.9 Å². The number of halogens is 3. The summed E-state index contributed by atoms with van der Waals surface area (Å²) in [6, 6.07) is 12.0. The lowest BCUT2D eigenvalue weighted by Crippen LogP contribution is -2.34. The molecule has 0 aliphatic heterocycles. The topological polar surface area (TPSA) is 61.4 Å². The lowest BCUT2D eigenvalue weighted by Gasteiger charge is -2.11. The first kappa shape index (κ1) is 27.3. The standard InChI is InChI=1S/C22H25Cl2N3O2S.ClH/c1-27(2)10-4-3-5-20(28)11-15-6-8-19(9-7-15)25-22(30)26-21(29)16-12-17(23)14-18(24)13-16;/h6-9,12-14H,3-5,10-11H2,1-2H3,(H2,25,26,29,30);1H. The van der Waals surface area contributed by atoms with Gasteiger partial charge in [-0.2, -0.15) is 0 Å². The summed E-state index contributed by atoms with van der Waals surface area (Å²) >= 11 is 17.0. The molecule has 2 N–H and O–H groups in total. The molecule has 5 nitrogen and oxygen atoms in total. The van der Waals surface area contributed by atoms with Crippen LogP contribution in [0.4, 0.5) is 5.69 Å². The van der Waals surface area contributed by atoms with Crippen LogP contribution in [0.3, 0.4) is 0 Å². The summed E-state index contributed by atoms with van der Waals surface area (Å²) in [5.74, 6) is -0.175. The Hall–Kier alpha value is -1.70. The number of carbonyl (C=O) groups excluding carboxylic acids is 2. The van der Waals surface area contributed by atoms with Gasteiger partial charge in [0.1, 0.15) is 5.78 Å². The molecule has 168 valence electrons. The van der Waals surface area contributed by atoms with E-state index >= 15 is 0 Å². The Balaban J connectivity index is 0.00000480. The van der Waals surface area contributed by atoms with Crippen LogP contribution in [0.2, 0.25) is 10.0 Å². The average molecular weight is 503 g/mol. The van der Waals surface area contributed by atoms with Gasteiger partial charge in [0.25, 0.3) is 5.91 Å². The highest BCUT2D eigenvalue weighted by atomic mass is 35.5. The SMILES string of the molecule is CN(C)CCCCC(=O)Cc1ccc(NC(=S)NC(=O)c2cc(Cl)cc(Cl)c2)cc1.Cl. The molecule has 0 fully saturated rings. The van der Waals surface area contributed by atoms with Crippen LogP contribution in [0.25, 0.3) is 0 Å². The summed E-state index contributed by atoms with van der Waals surface area (Å²) in [4.78, 5) is 26.5. The minimum absolute atomic E-state index is 0. The van der Waals surface area contributed by atoms with Crippen molar-refractivity contribution in [2.24, 2.45) is 0 Å². The van der Waals surface area contributed by atoms with Gasteiger partial charge < -0.3 is 10.2 Å². The van der Waals surface area contributed by atoms with Crippen molar-refractivity contribution in [2.75, 3.05) is 26.0 Å². The number of Topliss-reactive ketones (excluding diaryl/α,β-unsaturated/α-hetero) is 1. The van der Waals surface area contributed by atoms with Gasteiger partial charge in [0.15, 0.2) is 5.11 Å². The Morgan fingerprint density at radius 2 is 1.61 bits per heavy atom. The molecule has 2 rings (SSSR count). The first-order valence-corrected chi connectivity index (χ1v) is 10.7. The predicted octanol–water partition coefficient (Wildman–Crippen LogP) is 5.39. The molecule has 9 heteroatoms. The van der Waals surface area contributed by atoms with Crippen LogP contribution in [-0.2, 0) is 11.2 Å². The number of ketones is 1.